The van der Waals surface area contributed by atoms with Gasteiger partial charge in [-0.25, -0.2) is 0 Å². The minimum Gasteiger partial charge on any atom is -0.336 e. The normalized spacial score (nSPS) is 16.7. The molecule has 0 radical (unpaired) electrons. The predicted octanol–water partition coefficient (Wildman–Crippen LogP) is 2.13. The minimum absolute atomic E-state index is 0.168. The highest BCUT2D eigenvalue weighted by Crippen LogP contribution is 2.29. The molecule has 0 aromatic heterocycles. The molecule has 1 atom stereocenters. The summed E-state index contributed by atoms with van der Waals surface area (Å²) in [6, 6.07) is 4.79. The smallest absolute Gasteiger partial charge is 0.286 e. The maximum atomic E-state index is 12.1. The van der Waals surface area contributed by atoms with Crippen LogP contribution in [0.2, 0.25) is 10.0 Å². The largest absolute Gasteiger partial charge is 0.336 e. The molecule has 1 aliphatic rings. The number of carbonyl (C=O) groups is 4. The highest BCUT2D eigenvalue weighted by molar-refractivity contribution is 8.15. The lowest BCUT2D eigenvalue weighted by Crippen LogP contribution is -2.37. The van der Waals surface area contributed by atoms with Crippen LogP contribution in [0.15, 0.2) is 18.2 Å². The Morgan fingerprint density at radius 3 is 2.46 bits per heavy atom. The van der Waals surface area contributed by atoms with Gasteiger partial charge in [0.05, 0.1) is 22.3 Å². The number of imide groups is 1. The zero-order chi connectivity index (χ0) is 17.9. The van der Waals surface area contributed by atoms with Gasteiger partial charge in [0.25, 0.3) is 5.24 Å². The van der Waals surface area contributed by atoms with Crippen molar-refractivity contribution in [2.24, 2.45) is 0 Å². The van der Waals surface area contributed by atoms with E-state index in [9.17, 15) is 19.2 Å². The van der Waals surface area contributed by atoms with E-state index in [1.54, 1.807) is 18.2 Å². The van der Waals surface area contributed by atoms with Gasteiger partial charge in [-0.3, -0.25) is 24.5 Å². The van der Waals surface area contributed by atoms with Crippen LogP contribution in [-0.4, -0.2) is 46.7 Å². The van der Waals surface area contributed by atoms with Gasteiger partial charge in [0.2, 0.25) is 17.7 Å². The van der Waals surface area contributed by atoms with Crippen molar-refractivity contribution in [1.82, 2.24) is 10.2 Å². The fraction of sp³-hybridized carbons (Fsp3) is 0.286. The van der Waals surface area contributed by atoms with Gasteiger partial charge in [-0.05, 0) is 12.1 Å². The minimum atomic E-state index is -0.770. The van der Waals surface area contributed by atoms with E-state index < -0.39 is 28.2 Å². The van der Waals surface area contributed by atoms with E-state index in [0.29, 0.717) is 0 Å². The fourth-order valence-corrected chi connectivity index (χ4v) is 3.24. The summed E-state index contributed by atoms with van der Waals surface area (Å²) in [5, 5.41) is 3.95. The van der Waals surface area contributed by atoms with Crippen LogP contribution in [0.1, 0.15) is 6.42 Å². The van der Waals surface area contributed by atoms with E-state index in [4.69, 9.17) is 23.2 Å². The number of anilines is 1. The van der Waals surface area contributed by atoms with Crippen LogP contribution in [0.5, 0.6) is 0 Å². The van der Waals surface area contributed by atoms with E-state index in [1.807, 2.05) is 0 Å². The third-order valence-electron chi connectivity index (χ3n) is 3.16. The van der Waals surface area contributed by atoms with Gasteiger partial charge in [0.1, 0.15) is 5.25 Å². The van der Waals surface area contributed by atoms with E-state index in [-0.39, 0.29) is 28.7 Å². The Bertz CT molecular complexity index is 693. The van der Waals surface area contributed by atoms with E-state index in [2.05, 4.69) is 10.6 Å². The Labute approximate surface area is 152 Å². The molecule has 0 unspecified atom stereocenters. The van der Waals surface area contributed by atoms with Gasteiger partial charge in [-0.15, -0.1) is 0 Å². The molecular formula is C14H13Cl2N3O4S. The zero-order valence-corrected chi connectivity index (χ0v) is 14.8. The quantitative estimate of drug-likeness (QED) is 0.803. The van der Waals surface area contributed by atoms with Gasteiger partial charge in [0, 0.05) is 13.5 Å². The van der Waals surface area contributed by atoms with Crippen molar-refractivity contribution < 1.29 is 19.2 Å². The molecule has 4 amide bonds. The number of hydrogen-bond donors (Lipinski definition) is 2. The van der Waals surface area contributed by atoms with Crippen molar-refractivity contribution in [2.75, 3.05) is 18.9 Å². The van der Waals surface area contributed by atoms with Gasteiger partial charge in [-0.1, -0.05) is 41.0 Å². The van der Waals surface area contributed by atoms with E-state index >= 15 is 0 Å². The highest BCUT2D eigenvalue weighted by Gasteiger charge is 2.34. The number of nitrogens with one attached hydrogen (secondary N) is 2. The number of amides is 4. The molecule has 2 N–H and O–H groups in total. The number of para-hydroxylation sites is 1. The highest BCUT2D eigenvalue weighted by atomic mass is 35.5. The number of halogens is 2. The van der Waals surface area contributed by atoms with Crippen LogP contribution in [-0.2, 0) is 14.4 Å². The molecule has 7 nitrogen and oxygen atoms in total. The van der Waals surface area contributed by atoms with Crippen molar-refractivity contribution >= 4 is 63.6 Å². The monoisotopic (exact) mass is 389 g/mol. The van der Waals surface area contributed by atoms with Crippen LogP contribution in [0.3, 0.4) is 0 Å². The van der Waals surface area contributed by atoms with Crippen LogP contribution in [0, 0.1) is 0 Å². The first-order valence-electron chi connectivity index (χ1n) is 6.77. The SMILES string of the molecule is CN(CC(=O)Nc1c(Cl)cccc1Cl)C(=O)C[C@H]1SC(=O)NC1=O. The molecule has 24 heavy (non-hydrogen) atoms. The van der Waals surface area contributed by atoms with Crippen molar-refractivity contribution in [3.05, 3.63) is 28.2 Å². The first kappa shape index (κ1) is 18.6. The molecule has 128 valence electrons. The van der Waals surface area contributed by atoms with Crippen LogP contribution in [0.4, 0.5) is 10.5 Å². The number of carbonyl (C=O) groups excluding carboxylic acids is 4. The molecule has 0 saturated carbocycles. The summed E-state index contributed by atoms with van der Waals surface area (Å²) in [5.41, 5.74) is 0.267. The topological polar surface area (TPSA) is 95.6 Å². The molecule has 1 heterocycles. The Kier molecular flexibility index (Phi) is 6.09. The van der Waals surface area contributed by atoms with Crippen LogP contribution >= 0.6 is 35.0 Å². The van der Waals surface area contributed by atoms with Crippen LogP contribution < -0.4 is 10.6 Å². The van der Waals surface area contributed by atoms with Gasteiger partial charge >= 0.3 is 0 Å². The second kappa shape index (κ2) is 7.87. The molecule has 1 aromatic carbocycles. The lowest BCUT2D eigenvalue weighted by molar-refractivity contribution is -0.134. The fourth-order valence-electron chi connectivity index (χ4n) is 1.94. The number of rotatable bonds is 5. The third-order valence-corrected chi connectivity index (χ3v) is 4.77. The summed E-state index contributed by atoms with van der Waals surface area (Å²) in [6.45, 7) is -0.243. The number of likely N-dealkylation sites (N-methyl/N-ethyl adjacent to an activating group) is 1. The number of thioether (sulfide) groups is 1. The molecule has 0 aliphatic carbocycles. The van der Waals surface area contributed by atoms with Gasteiger partial charge in [0.15, 0.2) is 0 Å². The molecule has 2 rings (SSSR count). The average Bonchev–Trinajstić information content (AvgIpc) is 2.80. The summed E-state index contributed by atoms with van der Waals surface area (Å²) >= 11 is 12.7. The summed E-state index contributed by atoms with van der Waals surface area (Å²) in [6.07, 6.45) is -0.168. The summed E-state index contributed by atoms with van der Waals surface area (Å²) < 4.78 is 0. The van der Waals surface area contributed by atoms with Crippen molar-refractivity contribution in [1.29, 1.82) is 0 Å². The summed E-state index contributed by atoms with van der Waals surface area (Å²) in [7, 11) is 1.43. The van der Waals surface area contributed by atoms with Gasteiger partial charge < -0.3 is 10.2 Å². The maximum absolute atomic E-state index is 12.1. The first-order valence-corrected chi connectivity index (χ1v) is 8.40. The van der Waals surface area contributed by atoms with Crippen molar-refractivity contribution in [2.45, 2.75) is 11.7 Å². The Morgan fingerprint density at radius 1 is 1.29 bits per heavy atom. The van der Waals surface area contributed by atoms with Crippen molar-refractivity contribution in [3.63, 3.8) is 0 Å². The molecule has 1 fully saturated rings. The van der Waals surface area contributed by atoms with Gasteiger partial charge in [-0.2, -0.15) is 0 Å². The Hall–Kier alpha value is -1.77. The molecule has 10 heteroatoms. The maximum Gasteiger partial charge on any atom is 0.286 e. The average molecular weight is 390 g/mol. The van der Waals surface area contributed by atoms with Crippen LogP contribution in [0.25, 0.3) is 0 Å². The van der Waals surface area contributed by atoms with E-state index in [1.165, 1.54) is 7.05 Å². The Balaban J connectivity index is 1.90. The predicted molar refractivity (Wildman–Crippen MR) is 92.3 cm³/mol. The zero-order valence-electron chi connectivity index (χ0n) is 12.5. The van der Waals surface area contributed by atoms with Crippen molar-refractivity contribution in [3.8, 4) is 0 Å². The lowest BCUT2D eigenvalue weighted by atomic mass is 10.2. The first-order chi connectivity index (χ1) is 11.3. The standard InChI is InChI=1S/C14H13Cl2N3O4S/c1-19(11(21)5-9-13(22)18-14(23)24-9)6-10(20)17-12-7(15)3-2-4-8(12)16/h2-4,9H,5-6H2,1H3,(H,17,20)(H,18,22,23)/t9-/m1/s1. The number of benzene rings is 1. The molecule has 1 aromatic rings. The molecule has 0 spiro atoms. The lowest BCUT2D eigenvalue weighted by Gasteiger charge is -2.18. The molecule has 1 aliphatic heterocycles. The molecule has 0 bridgehead atoms. The number of hydrogen-bond acceptors (Lipinski definition) is 5. The Morgan fingerprint density at radius 2 is 1.92 bits per heavy atom. The van der Waals surface area contributed by atoms with E-state index in [0.717, 1.165) is 16.7 Å². The second-order valence-corrected chi connectivity index (χ2v) is 6.97. The second-order valence-electron chi connectivity index (χ2n) is 4.98. The summed E-state index contributed by atoms with van der Waals surface area (Å²) in [4.78, 5) is 47.8. The third kappa shape index (κ3) is 4.62. The summed E-state index contributed by atoms with van der Waals surface area (Å²) in [5.74, 6) is -1.42. The number of nitrogens with zero attached hydrogens (tertiary/aromatic N) is 1. The molecular weight excluding hydrogens is 377 g/mol. The molecule has 1 saturated heterocycles.